The fourth-order valence-electron chi connectivity index (χ4n) is 2.07. The summed E-state index contributed by atoms with van der Waals surface area (Å²) in [6.45, 7) is 0. The van der Waals surface area contributed by atoms with Gasteiger partial charge in [-0.1, -0.05) is 23.7 Å². The zero-order chi connectivity index (χ0) is 14.1. The number of phenols is 1. The van der Waals surface area contributed by atoms with Crippen molar-refractivity contribution in [2.24, 2.45) is 0 Å². The molecule has 0 unspecified atom stereocenters. The second-order valence-corrected chi connectivity index (χ2v) is 4.80. The standard InChI is InChI=1S/C15H11ClN2O2/c16-10-4-5-13(19)11(8-10)15(20)18-12-3-1-2-9-6-7-17-14(9)12/h1-8,17,19H,(H,18,20). The Morgan fingerprint density at radius 3 is 2.90 bits per heavy atom. The van der Waals surface area contributed by atoms with Crippen molar-refractivity contribution >= 4 is 34.1 Å². The molecule has 0 fully saturated rings. The molecule has 0 aliphatic heterocycles. The second-order valence-electron chi connectivity index (χ2n) is 4.36. The number of carbonyl (C=O) groups is 1. The van der Waals surface area contributed by atoms with E-state index in [1.165, 1.54) is 18.2 Å². The van der Waals surface area contributed by atoms with Gasteiger partial charge in [-0.05, 0) is 30.3 Å². The van der Waals surface area contributed by atoms with Crippen LogP contribution < -0.4 is 5.32 Å². The zero-order valence-corrected chi connectivity index (χ0v) is 11.1. The van der Waals surface area contributed by atoms with Crippen LogP contribution >= 0.6 is 11.6 Å². The Bertz CT molecular complexity index is 795. The van der Waals surface area contributed by atoms with Crippen LogP contribution in [0.25, 0.3) is 10.9 Å². The largest absolute Gasteiger partial charge is 0.507 e. The number of aromatic amines is 1. The topological polar surface area (TPSA) is 65.1 Å². The van der Waals surface area contributed by atoms with Crippen molar-refractivity contribution in [2.45, 2.75) is 0 Å². The van der Waals surface area contributed by atoms with Gasteiger partial charge in [0.15, 0.2) is 0 Å². The first-order chi connectivity index (χ1) is 9.65. The monoisotopic (exact) mass is 286 g/mol. The van der Waals surface area contributed by atoms with Crippen molar-refractivity contribution in [1.29, 1.82) is 0 Å². The van der Waals surface area contributed by atoms with E-state index in [0.717, 1.165) is 10.9 Å². The lowest BCUT2D eigenvalue weighted by atomic mass is 10.1. The van der Waals surface area contributed by atoms with Gasteiger partial charge in [0.1, 0.15) is 5.75 Å². The molecule has 5 heteroatoms. The summed E-state index contributed by atoms with van der Waals surface area (Å²) in [5, 5.41) is 13.9. The summed E-state index contributed by atoms with van der Waals surface area (Å²) in [7, 11) is 0. The van der Waals surface area contributed by atoms with Gasteiger partial charge in [-0.2, -0.15) is 0 Å². The molecule has 1 amide bonds. The van der Waals surface area contributed by atoms with E-state index in [4.69, 9.17) is 11.6 Å². The van der Waals surface area contributed by atoms with E-state index in [-0.39, 0.29) is 11.3 Å². The van der Waals surface area contributed by atoms with Crippen molar-refractivity contribution in [3.63, 3.8) is 0 Å². The zero-order valence-electron chi connectivity index (χ0n) is 10.4. The van der Waals surface area contributed by atoms with Crippen LogP contribution in [0.1, 0.15) is 10.4 Å². The molecular weight excluding hydrogens is 276 g/mol. The molecule has 3 N–H and O–H groups in total. The van der Waals surface area contributed by atoms with Crippen LogP contribution in [0.3, 0.4) is 0 Å². The molecule has 0 atom stereocenters. The number of hydrogen-bond donors (Lipinski definition) is 3. The van der Waals surface area contributed by atoms with Gasteiger partial charge in [-0.25, -0.2) is 0 Å². The van der Waals surface area contributed by atoms with Crippen molar-refractivity contribution in [2.75, 3.05) is 5.32 Å². The van der Waals surface area contributed by atoms with Gasteiger partial charge >= 0.3 is 0 Å². The fourth-order valence-corrected chi connectivity index (χ4v) is 2.24. The van der Waals surface area contributed by atoms with E-state index in [0.29, 0.717) is 10.7 Å². The lowest BCUT2D eigenvalue weighted by Crippen LogP contribution is -2.12. The fraction of sp³-hybridized carbons (Fsp3) is 0. The van der Waals surface area contributed by atoms with Crippen LogP contribution in [-0.4, -0.2) is 16.0 Å². The minimum atomic E-state index is -0.410. The second kappa shape index (κ2) is 4.90. The quantitative estimate of drug-likeness (QED) is 0.671. The molecule has 0 aliphatic carbocycles. The van der Waals surface area contributed by atoms with Crippen molar-refractivity contribution in [3.05, 3.63) is 59.2 Å². The van der Waals surface area contributed by atoms with Gasteiger partial charge < -0.3 is 15.4 Å². The number of anilines is 1. The van der Waals surface area contributed by atoms with Crippen LogP contribution in [0.4, 0.5) is 5.69 Å². The number of amides is 1. The number of hydrogen-bond acceptors (Lipinski definition) is 2. The third kappa shape index (κ3) is 2.21. The van der Waals surface area contributed by atoms with Crippen LogP contribution in [0.15, 0.2) is 48.7 Å². The first-order valence-electron chi connectivity index (χ1n) is 6.01. The smallest absolute Gasteiger partial charge is 0.259 e. The van der Waals surface area contributed by atoms with Crippen LogP contribution in [0.2, 0.25) is 5.02 Å². The Morgan fingerprint density at radius 2 is 2.05 bits per heavy atom. The van der Waals surface area contributed by atoms with Gasteiger partial charge in [-0.15, -0.1) is 0 Å². The first kappa shape index (κ1) is 12.6. The number of halogens is 1. The van der Waals surface area contributed by atoms with Gasteiger partial charge in [0.05, 0.1) is 16.8 Å². The predicted octanol–water partition coefficient (Wildman–Crippen LogP) is 3.78. The molecule has 3 aromatic rings. The number of nitrogens with one attached hydrogen (secondary N) is 2. The summed E-state index contributed by atoms with van der Waals surface area (Å²) in [5.74, 6) is -0.516. The summed E-state index contributed by atoms with van der Waals surface area (Å²) in [4.78, 5) is 15.3. The maximum Gasteiger partial charge on any atom is 0.259 e. The van der Waals surface area contributed by atoms with Crippen LogP contribution in [-0.2, 0) is 0 Å². The number of aromatic nitrogens is 1. The number of carbonyl (C=O) groups excluding carboxylic acids is 1. The minimum absolute atomic E-state index is 0.106. The average Bonchev–Trinajstić information content (AvgIpc) is 2.91. The van der Waals surface area contributed by atoms with Crippen molar-refractivity contribution in [1.82, 2.24) is 4.98 Å². The summed E-state index contributed by atoms with van der Waals surface area (Å²) in [5.41, 5.74) is 1.63. The van der Waals surface area contributed by atoms with Crippen molar-refractivity contribution < 1.29 is 9.90 Å². The third-order valence-corrected chi connectivity index (χ3v) is 3.27. The highest BCUT2D eigenvalue weighted by molar-refractivity contribution is 6.31. The third-order valence-electron chi connectivity index (χ3n) is 3.04. The maximum atomic E-state index is 12.2. The number of para-hydroxylation sites is 1. The minimum Gasteiger partial charge on any atom is -0.507 e. The van der Waals surface area contributed by atoms with Gasteiger partial charge in [0.2, 0.25) is 0 Å². The Balaban J connectivity index is 1.96. The van der Waals surface area contributed by atoms with E-state index >= 15 is 0 Å². The number of phenolic OH excluding ortho intramolecular Hbond substituents is 1. The number of fused-ring (bicyclic) bond motifs is 1. The Labute approximate surface area is 120 Å². The van der Waals surface area contributed by atoms with Gasteiger partial charge in [0, 0.05) is 16.6 Å². The maximum absolute atomic E-state index is 12.2. The molecule has 0 saturated carbocycles. The highest BCUT2D eigenvalue weighted by Crippen LogP contribution is 2.25. The normalized spacial score (nSPS) is 10.7. The van der Waals surface area contributed by atoms with Gasteiger partial charge in [-0.3, -0.25) is 4.79 Å². The molecule has 0 radical (unpaired) electrons. The molecule has 0 saturated heterocycles. The Hall–Kier alpha value is -2.46. The molecule has 2 aromatic carbocycles. The number of benzene rings is 2. The molecule has 1 aromatic heterocycles. The summed E-state index contributed by atoms with van der Waals surface area (Å²) in [6, 6.07) is 11.9. The van der Waals surface area contributed by atoms with Crippen LogP contribution in [0.5, 0.6) is 5.75 Å². The lowest BCUT2D eigenvalue weighted by molar-refractivity contribution is 0.102. The number of rotatable bonds is 2. The van der Waals surface area contributed by atoms with Crippen molar-refractivity contribution in [3.8, 4) is 5.75 Å². The Morgan fingerprint density at radius 1 is 1.20 bits per heavy atom. The van der Waals surface area contributed by atoms with E-state index in [1.807, 2.05) is 18.2 Å². The molecule has 1 heterocycles. The molecule has 4 nitrogen and oxygen atoms in total. The highest BCUT2D eigenvalue weighted by atomic mass is 35.5. The predicted molar refractivity (Wildman–Crippen MR) is 79.4 cm³/mol. The molecule has 20 heavy (non-hydrogen) atoms. The Kier molecular flexibility index (Phi) is 3.08. The van der Waals surface area contributed by atoms with Gasteiger partial charge in [0.25, 0.3) is 5.91 Å². The molecule has 0 bridgehead atoms. The number of H-pyrrole nitrogens is 1. The van der Waals surface area contributed by atoms with E-state index in [9.17, 15) is 9.90 Å². The summed E-state index contributed by atoms with van der Waals surface area (Å²) in [6.07, 6.45) is 1.80. The lowest BCUT2D eigenvalue weighted by Gasteiger charge is -2.08. The number of aromatic hydroxyl groups is 1. The summed E-state index contributed by atoms with van der Waals surface area (Å²) >= 11 is 5.84. The van der Waals surface area contributed by atoms with Crippen LogP contribution in [0, 0.1) is 0 Å². The summed E-state index contributed by atoms with van der Waals surface area (Å²) < 4.78 is 0. The SMILES string of the molecule is O=C(Nc1cccc2cc[nH]c12)c1cc(Cl)ccc1O. The van der Waals surface area contributed by atoms with E-state index < -0.39 is 5.91 Å². The molecule has 100 valence electrons. The highest BCUT2D eigenvalue weighted by Gasteiger charge is 2.13. The molecular formula is C15H11ClN2O2. The van der Waals surface area contributed by atoms with E-state index in [1.54, 1.807) is 12.3 Å². The molecule has 0 aliphatic rings. The average molecular weight is 287 g/mol. The molecule has 0 spiro atoms. The first-order valence-corrected chi connectivity index (χ1v) is 6.39. The van der Waals surface area contributed by atoms with E-state index in [2.05, 4.69) is 10.3 Å². The molecule has 3 rings (SSSR count).